The molecule has 0 spiro atoms. The SMILES string of the molecule is Cc1nc(CN)n2c(Cl)cccc12. The van der Waals surface area contributed by atoms with Gasteiger partial charge in [-0.05, 0) is 19.1 Å². The minimum atomic E-state index is 0.402. The third-order valence-corrected chi connectivity index (χ3v) is 2.35. The minimum absolute atomic E-state index is 0.402. The van der Waals surface area contributed by atoms with Crippen molar-refractivity contribution in [2.45, 2.75) is 13.5 Å². The number of aromatic nitrogens is 2. The Morgan fingerprint density at radius 1 is 1.54 bits per heavy atom. The molecule has 3 nitrogen and oxygen atoms in total. The van der Waals surface area contributed by atoms with E-state index in [-0.39, 0.29) is 0 Å². The van der Waals surface area contributed by atoms with E-state index in [0.717, 1.165) is 17.0 Å². The second-order valence-corrected chi connectivity index (χ2v) is 3.27. The van der Waals surface area contributed by atoms with Crippen LogP contribution in [0.15, 0.2) is 18.2 Å². The van der Waals surface area contributed by atoms with E-state index >= 15 is 0 Å². The number of pyridine rings is 1. The van der Waals surface area contributed by atoms with Crippen molar-refractivity contribution in [3.8, 4) is 0 Å². The Morgan fingerprint density at radius 2 is 2.31 bits per heavy atom. The molecule has 4 heteroatoms. The summed E-state index contributed by atoms with van der Waals surface area (Å²) >= 11 is 6.02. The molecule has 0 saturated heterocycles. The molecule has 0 aliphatic heterocycles. The van der Waals surface area contributed by atoms with Gasteiger partial charge in [0.1, 0.15) is 11.0 Å². The van der Waals surface area contributed by atoms with Gasteiger partial charge in [-0.2, -0.15) is 0 Å². The van der Waals surface area contributed by atoms with Gasteiger partial charge in [-0.25, -0.2) is 4.98 Å². The first-order valence-electron chi connectivity index (χ1n) is 4.06. The number of aryl methyl sites for hydroxylation is 1. The molecular formula is C9H10ClN3. The lowest BCUT2D eigenvalue weighted by molar-refractivity contribution is 0.900. The number of fused-ring (bicyclic) bond motifs is 1. The highest BCUT2D eigenvalue weighted by Gasteiger charge is 2.07. The second-order valence-electron chi connectivity index (χ2n) is 2.89. The van der Waals surface area contributed by atoms with E-state index in [9.17, 15) is 0 Å². The van der Waals surface area contributed by atoms with Crippen LogP contribution in [-0.4, -0.2) is 9.38 Å². The fraction of sp³-hybridized carbons (Fsp3) is 0.222. The van der Waals surface area contributed by atoms with Crippen LogP contribution >= 0.6 is 11.6 Å². The van der Waals surface area contributed by atoms with E-state index in [0.29, 0.717) is 11.7 Å². The summed E-state index contributed by atoms with van der Waals surface area (Å²) in [6, 6.07) is 5.72. The maximum atomic E-state index is 6.02. The van der Waals surface area contributed by atoms with Gasteiger partial charge >= 0.3 is 0 Å². The van der Waals surface area contributed by atoms with Gasteiger partial charge < -0.3 is 5.73 Å². The molecule has 68 valence electrons. The van der Waals surface area contributed by atoms with E-state index in [1.807, 2.05) is 29.5 Å². The first kappa shape index (κ1) is 8.53. The number of nitrogens with zero attached hydrogens (tertiary/aromatic N) is 2. The molecule has 0 saturated carbocycles. The van der Waals surface area contributed by atoms with Crippen LogP contribution < -0.4 is 5.73 Å². The normalized spacial score (nSPS) is 11.0. The van der Waals surface area contributed by atoms with Crippen LogP contribution in [0.2, 0.25) is 5.15 Å². The number of rotatable bonds is 1. The third-order valence-electron chi connectivity index (χ3n) is 2.05. The Hall–Kier alpha value is -1.06. The molecule has 0 unspecified atom stereocenters. The highest BCUT2D eigenvalue weighted by atomic mass is 35.5. The summed E-state index contributed by atoms with van der Waals surface area (Å²) in [4.78, 5) is 4.32. The molecule has 0 fully saturated rings. The number of halogens is 1. The lowest BCUT2D eigenvalue weighted by atomic mass is 10.3. The fourth-order valence-corrected chi connectivity index (χ4v) is 1.73. The second kappa shape index (κ2) is 3.01. The van der Waals surface area contributed by atoms with Gasteiger partial charge in [-0.15, -0.1) is 0 Å². The Balaban J connectivity index is 2.89. The van der Waals surface area contributed by atoms with Crippen LogP contribution in [-0.2, 0) is 6.54 Å². The quantitative estimate of drug-likeness (QED) is 0.705. The van der Waals surface area contributed by atoms with Gasteiger partial charge in [-0.1, -0.05) is 17.7 Å². The van der Waals surface area contributed by atoms with Crippen LogP contribution in [0.25, 0.3) is 5.52 Å². The smallest absolute Gasteiger partial charge is 0.128 e. The predicted octanol–water partition coefficient (Wildman–Crippen LogP) is 1.75. The molecular weight excluding hydrogens is 186 g/mol. The van der Waals surface area contributed by atoms with Gasteiger partial charge in [-0.3, -0.25) is 4.40 Å². The molecule has 0 aliphatic carbocycles. The predicted molar refractivity (Wildman–Crippen MR) is 52.8 cm³/mol. The highest BCUT2D eigenvalue weighted by molar-refractivity contribution is 6.29. The molecule has 0 atom stereocenters. The highest BCUT2D eigenvalue weighted by Crippen LogP contribution is 2.18. The summed E-state index contributed by atoms with van der Waals surface area (Å²) in [5.41, 5.74) is 7.54. The molecule has 0 radical (unpaired) electrons. The van der Waals surface area contributed by atoms with Crippen LogP contribution in [0.5, 0.6) is 0 Å². The zero-order chi connectivity index (χ0) is 9.42. The Labute approximate surface area is 81.1 Å². The van der Waals surface area contributed by atoms with Gasteiger partial charge in [0.15, 0.2) is 0 Å². The largest absolute Gasteiger partial charge is 0.324 e. The molecule has 2 rings (SSSR count). The molecule has 0 amide bonds. The lowest BCUT2D eigenvalue weighted by Crippen LogP contribution is -2.02. The topological polar surface area (TPSA) is 43.3 Å². The Kier molecular flexibility index (Phi) is 1.98. The number of imidazole rings is 1. The van der Waals surface area contributed by atoms with Crippen molar-refractivity contribution < 1.29 is 0 Å². The molecule has 2 aromatic rings. The standard InChI is InChI=1S/C9H10ClN3/c1-6-7-3-2-4-8(10)13(7)9(5-11)12-6/h2-4H,5,11H2,1H3. The monoisotopic (exact) mass is 195 g/mol. The van der Waals surface area contributed by atoms with E-state index in [4.69, 9.17) is 17.3 Å². The Bertz CT molecular complexity index is 447. The average Bonchev–Trinajstić information content (AvgIpc) is 2.45. The maximum Gasteiger partial charge on any atom is 0.128 e. The van der Waals surface area contributed by atoms with Crippen molar-refractivity contribution in [3.63, 3.8) is 0 Å². The number of nitrogens with two attached hydrogens (primary N) is 1. The van der Waals surface area contributed by atoms with E-state index < -0.39 is 0 Å². The zero-order valence-electron chi connectivity index (χ0n) is 7.29. The van der Waals surface area contributed by atoms with Crippen molar-refractivity contribution in [2.75, 3.05) is 0 Å². The molecule has 2 N–H and O–H groups in total. The average molecular weight is 196 g/mol. The first-order valence-corrected chi connectivity index (χ1v) is 4.44. The van der Waals surface area contributed by atoms with Gasteiger partial charge in [0.05, 0.1) is 17.8 Å². The van der Waals surface area contributed by atoms with Crippen LogP contribution in [0.4, 0.5) is 0 Å². The minimum Gasteiger partial charge on any atom is -0.324 e. The summed E-state index contributed by atoms with van der Waals surface area (Å²) in [6.07, 6.45) is 0. The maximum absolute atomic E-state index is 6.02. The summed E-state index contributed by atoms with van der Waals surface area (Å²) in [7, 11) is 0. The van der Waals surface area contributed by atoms with E-state index in [1.54, 1.807) is 0 Å². The van der Waals surface area contributed by atoms with Crippen molar-refractivity contribution in [3.05, 3.63) is 34.9 Å². The van der Waals surface area contributed by atoms with Crippen molar-refractivity contribution >= 4 is 17.1 Å². The summed E-state index contributed by atoms with van der Waals surface area (Å²) < 4.78 is 1.87. The Morgan fingerprint density at radius 3 is 3.00 bits per heavy atom. The molecule has 0 aliphatic rings. The van der Waals surface area contributed by atoms with Crippen LogP contribution in [0.1, 0.15) is 11.5 Å². The third kappa shape index (κ3) is 1.20. The molecule has 0 aromatic carbocycles. The zero-order valence-corrected chi connectivity index (χ0v) is 8.04. The van der Waals surface area contributed by atoms with Crippen molar-refractivity contribution in [1.29, 1.82) is 0 Å². The van der Waals surface area contributed by atoms with Gasteiger partial charge in [0.25, 0.3) is 0 Å². The lowest BCUT2D eigenvalue weighted by Gasteiger charge is -2.00. The molecule has 2 heterocycles. The summed E-state index contributed by atoms with van der Waals surface area (Å²) in [5.74, 6) is 0.804. The number of hydrogen-bond donors (Lipinski definition) is 1. The van der Waals surface area contributed by atoms with Crippen molar-refractivity contribution in [1.82, 2.24) is 9.38 Å². The molecule has 2 aromatic heterocycles. The van der Waals surface area contributed by atoms with Crippen molar-refractivity contribution in [2.24, 2.45) is 5.73 Å². The fourth-order valence-electron chi connectivity index (χ4n) is 1.47. The van der Waals surface area contributed by atoms with E-state index in [2.05, 4.69) is 4.98 Å². The molecule has 0 bridgehead atoms. The summed E-state index contributed by atoms with van der Waals surface area (Å²) in [6.45, 7) is 2.35. The summed E-state index contributed by atoms with van der Waals surface area (Å²) in [5, 5.41) is 0.651. The van der Waals surface area contributed by atoms with Crippen LogP contribution in [0, 0.1) is 6.92 Å². The van der Waals surface area contributed by atoms with Gasteiger partial charge in [0.2, 0.25) is 0 Å². The van der Waals surface area contributed by atoms with Crippen LogP contribution in [0.3, 0.4) is 0 Å². The first-order chi connectivity index (χ1) is 6.24. The molecule has 13 heavy (non-hydrogen) atoms. The number of hydrogen-bond acceptors (Lipinski definition) is 2. The van der Waals surface area contributed by atoms with E-state index in [1.165, 1.54) is 0 Å². The van der Waals surface area contributed by atoms with Gasteiger partial charge in [0, 0.05) is 0 Å².